The predicted octanol–water partition coefficient (Wildman–Crippen LogP) is 4.06. The monoisotopic (exact) mass is 329 g/mol. The third kappa shape index (κ3) is 3.56. The summed E-state index contributed by atoms with van der Waals surface area (Å²) in [5.41, 5.74) is 0.997. The average Bonchev–Trinajstić information content (AvgIpc) is 3.08. The maximum atomic E-state index is 11.1. The SMILES string of the molecule is COc1ccc(Nc2ccncc2[N+](=O)[O-])cc1OC1CCCC1. The van der Waals surface area contributed by atoms with Crippen molar-refractivity contribution in [1.82, 2.24) is 4.98 Å². The van der Waals surface area contributed by atoms with Gasteiger partial charge in [-0.2, -0.15) is 0 Å². The van der Waals surface area contributed by atoms with Crippen molar-refractivity contribution < 1.29 is 14.4 Å². The molecule has 0 saturated heterocycles. The Kier molecular flexibility index (Phi) is 4.79. The van der Waals surface area contributed by atoms with Gasteiger partial charge in [0.1, 0.15) is 11.9 Å². The third-order valence-electron chi connectivity index (χ3n) is 4.04. The van der Waals surface area contributed by atoms with Crippen LogP contribution in [0.4, 0.5) is 17.1 Å². The number of methoxy groups -OCH3 is 1. The van der Waals surface area contributed by atoms with Gasteiger partial charge in [0.2, 0.25) is 0 Å². The van der Waals surface area contributed by atoms with E-state index >= 15 is 0 Å². The van der Waals surface area contributed by atoms with Gasteiger partial charge < -0.3 is 14.8 Å². The van der Waals surface area contributed by atoms with Crippen molar-refractivity contribution in [2.24, 2.45) is 0 Å². The normalized spacial score (nSPS) is 14.4. The molecule has 7 heteroatoms. The number of hydrogen-bond donors (Lipinski definition) is 1. The molecule has 0 radical (unpaired) electrons. The van der Waals surface area contributed by atoms with Crippen LogP contribution in [0, 0.1) is 10.1 Å². The lowest BCUT2D eigenvalue weighted by molar-refractivity contribution is -0.384. The topological polar surface area (TPSA) is 86.5 Å². The lowest BCUT2D eigenvalue weighted by Gasteiger charge is -2.17. The molecule has 0 aliphatic heterocycles. The van der Waals surface area contributed by atoms with E-state index in [1.54, 1.807) is 31.4 Å². The van der Waals surface area contributed by atoms with E-state index in [0.717, 1.165) is 12.8 Å². The number of anilines is 2. The molecule has 1 heterocycles. The second kappa shape index (κ2) is 7.16. The highest BCUT2D eigenvalue weighted by Gasteiger charge is 2.19. The van der Waals surface area contributed by atoms with Crippen LogP contribution in [0.1, 0.15) is 25.7 Å². The molecule has 126 valence electrons. The summed E-state index contributed by atoms with van der Waals surface area (Å²) in [5, 5.41) is 14.1. The van der Waals surface area contributed by atoms with Gasteiger partial charge in [-0.05, 0) is 43.9 Å². The molecule has 1 saturated carbocycles. The first-order valence-corrected chi connectivity index (χ1v) is 7.87. The summed E-state index contributed by atoms with van der Waals surface area (Å²) < 4.78 is 11.4. The minimum Gasteiger partial charge on any atom is -0.493 e. The molecule has 1 aromatic heterocycles. The van der Waals surface area contributed by atoms with Crippen LogP contribution in [0.2, 0.25) is 0 Å². The molecule has 2 aromatic rings. The Morgan fingerprint density at radius 2 is 2.04 bits per heavy atom. The van der Waals surface area contributed by atoms with E-state index in [1.165, 1.54) is 25.2 Å². The number of rotatable bonds is 6. The van der Waals surface area contributed by atoms with Crippen molar-refractivity contribution >= 4 is 17.1 Å². The molecule has 3 rings (SSSR count). The molecule has 0 spiro atoms. The molecule has 7 nitrogen and oxygen atoms in total. The number of hydrogen-bond acceptors (Lipinski definition) is 6. The van der Waals surface area contributed by atoms with Crippen molar-refractivity contribution in [3.05, 3.63) is 46.8 Å². The first-order valence-electron chi connectivity index (χ1n) is 7.87. The summed E-state index contributed by atoms with van der Waals surface area (Å²) in [6.07, 6.45) is 7.36. The quantitative estimate of drug-likeness (QED) is 0.635. The van der Waals surface area contributed by atoms with Crippen LogP contribution >= 0.6 is 0 Å². The highest BCUT2D eigenvalue weighted by Crippen LogP contribution is 2.35. The Morgan fingerprint density at radius 1 is 1.25 bits per heavy atom. The van der Waals surface area contributed by atoms with Gasteiger partial charge in [-0.15, -0.1) is 0 Å². The van der Waals surface area contributed by atoms with E-state index in [4.69, 9.17) is 9.47 Å². The summed E-state index contributed by atoms with van der Waals surface area (Å²) in [6.45, 7) is 0. The van der Waals surface area contributed by atoms with E-state index in [9.17, 15) is 10.1 Å². The highest BCUT2D eigenvalue weighted by molar-refractivity contribution is 5.70. The summed E-state index contributed by atoms with van der Waals surface area (Å²) in [5.74, 6) is 1.29. The van der Waals surface area contributed by atoms with Gasteiger partial charge >= 0.3 is 5.69 Å². The molecule has 24 heavy (non-hydrogen) atoms. The Morgan fingerprint density at radius 3 is 2.75 bits per heavy atom. The van der Waals surface area contributed by atoms with Crippen LogP contribution in [0.25, 0.3) is 0 Å². The van der Waals surface area contributed by atoms with Gasteiger partial charge in [0.15, 0.2) is 11.5 Å². The molecule has 1 N–H and O–H groups in total. The highest BCUT2D eigenvalue weighted by atomic mass is 16.6. The average molecular weight is 329 g/mol. The second-order valence-electron chi connectivity index (χ2n) is 5.66. The lowest BCUT2D eigenvalue weighted by Crippen LogP contribution is -2.11. The third-order valence-corrected chi connectivity index (χ3v) is 4.04. The van der Waals surface area contributed by atoms with Crippen molar-refractivity contribution in [1.29, 1.82) is 0 Å². The van der Waals surface area contributed by atoms with Gasteiger partial charge in [-0.1, -0.05) is 0 Å². The zero-order valence-electron chi connectivity index (χ0n) is 13.4. The molecule has 1 aliphatic rings. The summed E-state index contributed by atoms with van der Waals surface area (Å²) in [6, 6.07) is 6.96. The molecular weight excluding hydrogens is 310 g/mol. The van der Waals surface area contributed by atoms with Crippen LogP contribution in [0.3, 0.4) is 0 Å². The van der Waals surface area contributed by atoms with Crippen molar-refractivity contribution in [3.63, 3.8) is 0 Å². The second-order valence-corrected chi connectivity index (χ2v) is 5.66. The standard InChI is InChI=1S/C17H19N3O4/c1-23-16-7-6-12(10-17(16)24-13-4-2-3-5-13)19-14-8-9-18-11-15(14)20(21)22/h6-11,13H,2-5H2,1H3,(H,18,19). The number of pyridine rings is 1. The van der Waals surface area contributed by atoms with E-state index in [1.807, 2.05) is 0 Å². The zero-order valence-corrected chi connectivity index (χ0v) is 13.4. The van der Waals surface area contributed by atoms with Crippen LogP contribution in [0.5, 0.6) is 11.5 Å². The number of aromatic nitrogens is 1. The summed E-state index contributed by atoms with van der Waals surface area (Å²) >= 11 is 0. The summed E-state index contributed by atoms with van der Waals surface area (Å²) in [7, 11) is 1.59. The molecule has 0 amide bonds. The number of nitro groups is 1. The minimum absolute atomic E-state index is 0.0772. The molecular formula is C17H19N3O4. The van der Waals surface area contributed by atoms with Gasteiger partial charge in [0, 0.05) is 18.0 Å². The number of nitrogens with zero attached hydrogens (tertiary/aromatic N) is 2. The lowest BCUT2D eigenvalue weighted by atomic mass is 10.2. The van der Waals surface area contributed by atoms with Gasteiger partial charge in [0.05, 0.1) is 18.1 Å². The van der Waals surface area contributed by atoms with E-state index in [2.05, 4.69) is 10.3 Å². The van der Waals surface area contributed by atoms with Crippen molar-refractivity contribution in [2.75, 3.05) is 12.4 Å². The molecule has 0 unspecified atom stereocenters. The number of nitrogens with one attached hydrogen (secondary N) is 1. The minimum atomic E-state index is -0.463. The van der Waals surface area contributed by atoms with Gasteiger partial charge in [-0.25, -0.2) is 0 Å². The fraction of sp³-hybridized carbons (Fsp3) is 0.353. The van der Waals surface area contributed by atoms with E-state index < -0.39 is 4.92 Å². The van der Waals surface area contributed by atoms with Crippen molar-refractivity contribution in [3.8, 4) is 11.5 Å². The molecule has 0 bridgehead atoms. The largest absolute Gasteiger partial charge is 0.493 e. The van der Waals surface area contributed by atoms with E-state index in [-0.39, 0.29) is 11.8 Å². The van der Waals surface area contributed by atoms with Crippen LogP contribution in [-0.2, 0) is 0 Å². The van der Waals surface area contributed by atoms with Crippen LogP contribution < -0.4 is 14.8 Å². The Hall–Kier alpha value is -2.83. The Balaban J connectivity index is 1.85. The molecule has 1 aromatic carbocycles. The molecule has 1 fully saturated rings. The molecule has 0 atom stereocenters. The van der Waals surface area contributed by atoms with Crippen LogP contribution in [-0.4, -0.2) is 23.1 Å². The maximum absolute atomic E-state index is 11.1. The van der Waals surface area contributed by atoms with Crippen molar-refractivity contribution in [2.45, 2.75) is 31.8 Å². The number of ether oxygens (including phenoxy) is 2. The van der Waals surface area contributed by atoms with Crippen LogP contribution in [0.15, 0.2) is 36.7 Å². The fourth-order valence-electron chi connectivity index (χ4n) is 2.83. The Bertz CT molecular complexity index is 730. The maximum Gasteiger partial charge on any atom is 0.310 e. The smallest absolute Gasteiger partial charge is 0.310 e. The summed E-state index contributed by atoms with van der Waals surface area (Å²) in [4.78, 5) is 14.4. The first kappa shape index (κ1) is 16.0. The van der Waals surface area contributed by atoms with Gasteiger partial charge in [-0.3, -0.25) is 15.1 Å². The Labute approximate surface area is 139 Å². The zero-order chi connectivity index (χ0) is 16.9. The molecule has 1 aliphatic carbocycles. The van der Waals surface area contributed by atoms with E-state index in [0.29, 0.717) is 22.9 Å². The predicted molar refractivity (Wildman–Crippen MR) is 90.1 cm³/mol. The number of benzene rings is 1. The first-order chi connectivity index (χ1) is 11.7. The van der Waals surface area contributed by atoms with Gasteiger partial charge in [0.25, 0.3) is 0 Å². The fourth-order valence-corrected chi connectivity index (χ4v) is 2.83.